The summed E-state index contributed by atoms with van der Waals surface area (Å²) in [5, 5.41) is 8.36. The van der Waals surface area contributed by atoms with Gasteiger partial charge in [0, 0.05) is 11.7 Å². The van der Waals surface area contributed by atoms with Crippen LogP contribution in [-0.4, -0.2) is 22.4 Å². The van der Waals surface area contributed by atoms with Gasteiger partial charge in [-0.25, -0.2) is 0 Å². The number of hydrogen-bond acceptors (Lipinski definition) is 2. The summed E-state index contributed by atoms with van der Waals surface area (Å²) in [5.41, 5.74) is 2.44. The monoisotopic (exact) mass is 235 g/mol. The SMILES string of the molecule is CCCNC1CCCCC1n1nc(C)cc1C. The standard InChI is InChI=1S/C14H25N3/c1-4-9-15-13-7-5-6-8-14(13)17-12(3)10-11(2)16-17/h10,13-15H,4-9H2,1-3H3. The van der Waals surface area contributed by atoms with Gasteiger partial charge < -0.3 is 5.32 Å². The van der Waals surface area contributed by atoms with E-state index in [2.05, 4.69) is 41.9 Å². The van der Waals surface area contributed by atoms with E-state index in [1.165, 1.54) is 37.8 Å². The van der Waals surface area contributed by atoms with Gasteiger partial charge in [0.25, 0.3) is 0 Å². The highest BCUT2D eigenvalue weighted by molar-refractivity contribution is 5.08. The van der Waals surface area contributed by atoms with Gasteiger partial charge in [-0.15, -0.1) is 0 Å². The molecule has 3 heteroatoms. The van der Waals surface area contributed by atoms with E-state index in [1.807, 2.05) is 0 Å². The van der Waals surface area contributed by atoms with Crippen molar-refractivity contribution in [1.82, 2.24) is 15.1 Å². The third-order valence-electron chi connectivity index (χ3n) is 3.74. The molecule has 1 aromatic rings. The first-order valence-corrected chi connectivity index (χ1v) is 6.98. The maximum Gasteiger partial charge on any atom is 0.0675 e. The maximum atomic E-state index is 4.67. The second-order valence-corrected chi connectivity index (χ2v) is 5.28. The molecule has 96 valence electrons. The van der Waals surface area contributed by atoms with E-state index in [4.69, 9.17) is 0 Å². The number of hydrogen-bond donors (Lipinski definition) is 1. The van der Waals surface area contributed by atoms with E-state index in [9.17, 15) is 0 Å². The smallest absolute Gasteiger partial charge is 0.0675 e. The summed E-state index contributed by atoms with van der Waals surface area (Å²) in [6.45, 7) is 7.61. The summed E-state index contributed by atoms with van der Waals surface area (Å²) in [6.07, 6.45) is 6.47. The average molecular weight is 235 g/mol. The van der Waals surface area contributed by atoms with Crippen molar-refractivity contribution < 1.29 is 0 Å². The summed E-state index contributed by atoms with van der Waals surface area (Å²) in [6, 6.07) is 3.36. The van der Waals surface area contributed by atoms with Crippen LogP contribution in [-0.2, 0) is 0 Å². The van der Waals surface area contributed by atoms with Gasteiger partial charge in [-0.05, 0) is 45.7 Å². The van der Waals surface area contributed by atoms with Crippen LogP contribution in [0.1, 0.15) is 56.5 Å². The molecule has 0 aromatic carbocycles. The molecular formula is C14H25N3. The molecule has 1 N–H and O–H groups in total. The minimum Gasteiger partial charge on any atom is -0.312 e. The molecule has 0 aliphatic heterocycles. The molecule has 1 aromatic heterocycles. The maximum absolute atomic E-state index is 4.67. The Balaban J connectivity index is 2.12. The van der Waals surface area contributed by atoms with Crippen LogP contribution >= 0.6 is 0 Å². The molecule has 1 aliphatic carbocycles. The molecule has 0 radical (unpaired) electrons. The predicted molar refractivity (Wildman–Crippen MR) is 71.3 cm³/mol. The first kappa shape index (κ1) is 12.6. The Kier molecular flexibility index (Phi) is 4.21. The van der Waals surface area contributed by atoms with Gasteiger partial charge in [0.2, 0.25) is 0 Å². The first-order chi connectivity index (χ1) is 8.22. The van der Waals surface area contributed by atoms with E-state index in [1.54, 1.807) is 0 Å². The Labute approximate surface area is 105 Å². The van der Waals surface area contributed by atoms with Crippen molar-refractivity contribution in [3.63, 3.8) is 0 Å². The van der Waals surface area contributed by atoms with Crippen molar-refractivity contribution in [3.8, 4) is 0 Å². The molecule has 1 heterocycles. The summed E-state index contributed by atoms with van der Waals surface area (Å²) in [4.78, 5) is 0. The lowest BCUT2D eigenvalue weighted by Gasteiger charge is -2.33. The van der Waals surface area contributed by atoms with Gasteiger partial charge in [-0.3, -0.25) is 4.68 Å². The largest absolute Gasteiger partial charge is 0.312 e. The van der Waals surface area contributed by atoms with E-state index in [0.29, 0.717) is 12.1 Å². The van der Waals surface area contributed by atoms with E-state index in [0.717, 1.165) is 12.2 Å². The molecule has 3 nitrogen and oxygen atoms in total. The van der Waals surface area contributed by atoms with Crippen molar-refractivity contribution in [2.24, 2.45) is 0 Å². The minimum absolute atomic E-state index is 0.559. The zero-order valence-corrected chi connectivity index (χ0v) is 11.4. The number of rotatable bonds is 4. The van der Waals surface area contributed by atoms with Crippen molar-refractivity contribution in [2.75, 3.05) is 6.54 Å². The summed E-state index contributed by atoms with van der Waals surface area (Å²) in [5.74, 6) is 0. The predicted octanol–water partition coefficient (Wildman–Crippen LogP) is 2.98. The van der Waals surface area contributed by atoms with Crippen LogP contribution in [0.3, 0.4) is 0 Å². The molecule has 1 aliphatic rings. The van der Waals surface area contributed by atoms with Crippen LogP contribution in [0.5, 0.6) is 0 Å². The van der Waals surface area contributed by atoms with Crippen molar-refractivity contribution in [2.45, 2.75) is 65.0 Å². The molecule has 1 saturated carbocycles. The van der Waals surface area contributed by atoms with Gasteiger partial charge >= 0.3 is 0 Å². The number of nitrogens with zero attached hydrogens (tertiary/aromatic N) is 2. The second-order valence-electron chi connectivity index (χ2n) is 5.28. The number of aromatic nitrogens is 2. The lowest BCUT2D eigenvalue weighted by atomic mass is 9.90. The average Bonchev–Trinajstić information content (AvgIpc) is 2.66. The van der Waals surface area contributed by atoms with E-state index in [-0.39, 0.29) is 0 Å². The van der Waals surface area contributed by atoms with Crippen LogP contribution in [0.25, 0.3) is 0 Å². The molecule has 2 rings (SSSR count). The highest BCUT2D eigenvalue weighted by Crippen LogP contribution is 2.29. The number of aryl methyl sites for hydroxylation is 2. The highest BCUT2D eigenvalue weighted by atomic mass is 15.3. The molecule has 0 saturated heterocycles. The Hall–Kier alpha value is -0.830. The fourth-order valence-electron chi connectivity index (χ4n) is 2.95. The van der Waals surface area contributed by atoms with Gasteiger partial charge in [0.15, 0.2) is 0 Å². The minimum atomic E-state index is 0.559. The van der Waals surface area contributed by atoms with Crippen molar-refractivity contribution >= 4 is 0 Å². The van der Waals surface area contributed by atoms with Crippen molar-refractivity contribution in [3.05, 3.63) is 17.5 Å². The van der Waals surface area contributed by atoms with Gasteiger partial charge in [-0.1, -0.05) is 19.8 Å². The fraction of sp³-hybridized carbons (Fsp3) is 0.786. The summed E-state index contributed by atoms with van der Waals surface area (Å²) < 4.78 is 2.25. The second kappa shape index (κ2) is 5.67. The van der Waals surface area contributed by atoms with Gasteiger partial charge in [0.1, 0.15) is 0 Å². The molecular weight excluding hydrogens is 210 g/mol. The molecule has 17 heavy (non-hydrogen) atoms. The molecule has 1 fully saturated rings. The Morgan fingerprint density at radius 2 is 2.12 bits per heavy atom. The third-order valence-corrected chi connectivity index (χ3v) is 3.74. The first-order valence-electron chi connectivity index (χ1n) is 6.98. The molecule has 2 atom stereocenters. The summed E-state index contributed by atoms with van der Waals surface area (Å²) >= 11 is 0. The summed E-state index contributed by atoms with van der Waals surface area (Å²) in [7, 11) is 0. The number of nitrogens with one attached hydrogen (secondary N) is 1. The lowest BCUT2D eigenvalue weighted by molar-refractivity contribution is 0.244. The fourth-order valence-corrected chi connectivity index (χ4v) is 2.95. The van der Waals surface area contributed by atoms with Crippen LogP contribution < -0.4 is 5.32 Å². The van der Waals surface area contributed by atoms with E-state index >= 15 is 0 Å². The highest BCUT2D eigenvalue weighted by Gasteiger charge is 2.27. The Bertz CT molecular complexity index is 356. The van der Waals surface area contributed by atoms with Crippen LogP contribution in [0.4, 0.5) is 0 Å². The zero-order valence-electron chi connectivity index (χ0n) is 11.4. The molecule has 0 bridgehead atoms. The van der Waals surface area contributed by atoms with Crippen molar-refractivity contribution in [1.29, 1.82) is 0 Å². The van der Waals surface area contributed by atoms with Crippen LogP contribution in [0.2, 0.25) is 0 Å². The normalized spacial score (nSPS) is 25.1. The van der Waals surface area contributed by atoms with Gasteiger partial charge in [-0.2, -0.15) is 5.10 Å². The van der Waals surface area contributed by atoms with Crippen LogP contribution in [0.15, 0.2) is 6.07 Å². The lowest BCUT2D eigenvalue weighted by Crippen LogP contribution is -2.40. The van der Waals surface area contributed by atoms with Crippen LogP contribution in [0, 0.1) is 13.8 Å². The third kappa shape index (κ3) is 2.89. The molecule has 2 unspecified atom stereocenters. The Morgan fingerprint density at radius 3 is 2.76 bits per heavy atom. The topological polar surface area (TPSA) is 29.9 Å². The molecule has 0 amide bonds. The van der Waals surface area contributed by atoms with Gasteiger partial charge in [0.05, 0.1) is 11.7 Å². The quantitative estimate of drug-likeness (QED) is 0.869. The van der Waals surface area contributed by atoms with E-state index < -0.39 is 0 Å². The molecule has 0 spiro atoms. The zero-order chi connectivity index (χ0) is 12.3. The Morgan fingerprint density at radius 1 is 1.35 bits per heavy atom.